The fourth-order valence-electron chi connectivity index (χ4n) is 1.86. The van der Waals surface area contributed by atoms with E-state index in [1.807, 2.05) is 32.8 Å². The largest absolute Gasteiger partial charge is 0.308 e. The van der Waals surface area contributed by atoms with Crippen LogP contribution in [0.25, 0.3) is 0 Å². The third kappa shape index (κ3) is 5.58. The molecule has 8 heteroatoms. The first-order valence-electron chi connectivity index (χ1n) is 7.00. The average Bonchev–Trinajstić information content (AvgIpc) is 2.83. The van der Waals surface area contributed by atoms with Gasteiger partial charge in [-0.15, -0.1) is 11.6 Å². The van der Waals surface area contributed by atoms with Gasteiger partial charge in [-0.05, 0) is 20.0 Å². The molecule has 0 aliphatic rings. The Morgan fingerprint density at radius 1 is 1.33 bits per heavy atom. The molecule has 0 unspecified atom stereocenters. The Labute approximate surface area is 132 Å². The van der Waals surface area contributed by atoms with E-state index in [1.165, 1.54) is 10.5 Å². The first kappa shape index (κ1) is 18.4. The molecule has 0 aliphatic heterocycles. The highest BCUT2D eigenvalue weighted by Gasteiger charge is 2.26. The van der Waals surface area contributed by atoms with Gasteiger partial charge in [-0.1, -0.05) is 13.8 Å². The van der Waals surface area contributed by atoms with Gasteiger partial charge in [0.05, 0.1) is 12.7 Å². The number of aryl methyl sites for hydroxylation is 1. The van der Waals surface area contributed by atoms with Crippen molar-refractivity contribution in [1.29, 1.82) is 0 Å². The fraction of sp³-hybridized carbons (Fsp3) is 0.769. The Balaban J connectivity index is 2.95. The normalized spacial score (nSPS) is 12.8. The van der Waals surface area contributed by atoms with Gasteiger partial charge in [0.2, 0.25) is 10.0 Å². The molecule has 0 saturated heterocycles. The van der Waals surface area contributed by atoms with Crippen LogP contribution in [0, 0.1) is 5.92 Å². The van der Waals surface area contributed by atoms with Crippen molar-refractivity contribution in [1.82, 2.24) is 19.0 Å². The smallest absolute Gasteiger partial charge is 0.246 e. The molecule has 0 radical (unpaired) electrons. The van der Waals surface area contributed by atoms with E-state index in [0.29, 0.717) is 32.1 Å². The van der Waals surface area contributed by atoms with Crippen LogP contribution in [0.3, 0.4) is 0 Å². The van der Waals surface area contributed by atoms with E-state index < -0.39 is 10.0 Å². The number of aromatic nitrogens is 2. The molecule has 0 fully saturated rings. The summed E-state index contributed by atoms with van der Waals surface area (Å²) in [6.07, 6.45) is 2.94. The molecule has 0 aliphatic carbocycles. The van der Waals surface area contributed by atoms with Crippen LogP contribution in [0.2, 0.25) is 0 Å². The Morgan fingerprint density at radius 3 is 2.52 bits per heavy atom. The second-order valence-corrected chi connectivity index (χ2v) is 8.00. The summed E-state index contributed by atoms with van der Waals surface area (Å²) in [5, 5.41) is 4.04. The highest BCUT2D eigenvalue weighted by Crippen LogP contribution is 2.16. The molecule has 0 saturated carbocycles. The highest BCUT2D eigenvalue weighted by molar-refractivity contribution is 7.89. The van der Waals surface area contributed by atoms with Gasteiger partial charge in [0.1, 0.15) is 4.90 Å². The molecule has 0 aromatic carbocycles. The monoisotopic (exact) mass is 336 g/mol. The van der Waals surface area contributed by atoms with Crippen molar-refractivity contribution < 1.29 is 8.42 Å². The number of rotatable bonds is 9. The zero-order chi connectivity index (χ0) is 16.0. The second-order valence-electron chi connectivity index (χ2n) is 5.69. The topological polar surface area (TPSA) is 58.4 Å². The Bertz CT molecular complexity index is 528. The van der Waals surface area contributed by atoms with Gasteiger partial charge >= 0.3 is 0 Å². The summed E-state index contributed by atoms with van der Waals surface area (Å²) in [5.41, 5.74) is 0. The molecule has 0 N–H and O–H groups in total. The first-order valence-corrected chi connectivity index (χ1v) is 8.98. The number of hydrogen-bond acceptors (Lipinski definition) is 4. The van der Waals surface area contributed by atoms with E-state index in [4.69, 9.17) is 11.6 Å². The third-order valence-electron chi connectivity index (χ3n) is 2.93. The molecule has 0 amide bonds. The van der Waals surface area contributed by atoms with Crippen LogP contribution in [0.1, 0.15) is 13.8 Å². The van der Waals surface area contributed by atoms with Gasteiger partial charge in [-0.3, -0.25) is 4.68 Å². The lowest BCUT2D eigenvalue weighted by molar-refractivity contribution is 0.312. The van der Waals surface area contributed by atoms with Crippen LogP contribution in [-0.4, -0.2) is 67.0 Å². The Morgan fingerprint density at radius 2 is 2.00 bits per heavy atom. The van der Waals surface area contributed by atoms with Gasteiger partial charge in [0.25, 0.3) is 0 Å². The van der Waals surface area contributed by atoms with Crippen LogP contribution < -0.4 is 0 Å². The summed E-state index contributed by atoms with van der Waals surface area (Å²) in [4.78, 5) is 2.20. The molecule has 6 nitrogen and oxygen atoms in total. The maximum atomic E-state index is 12.7. The van der Waals surface area contributed by atoms with Crippen molar-refractivity contribution in [3.05, 3.63) is 12.4 Å². The van der Waals surface area contributed by atoms with Crippen molar-refractivity contribution in [2.24, 2.45) is 5.92 Å². The van der Waals surface area contributed by atoms with Gasteiger partial charge < -0.3 is 4.90 Å². The molecular weight excluding hydrogens is 312 g/mol. The summed E-state index contributed by atoms with van der Waals surface area (Å²) in [6, 6.07) is 0. The SMILES string of the molecule is CC(C)CN(CCN(C)C)S(=O)(=O)c1cnn(CCCl)c1. The molecule has 0 bridgehead atoms. The van der Waals surface area contributed by atoms with Gasteiger partial charge in [0, 0.05) is 31.7 Å². The molecule has 0 atom stereocenters. The lowest BCUT2D eigenvalue weighted by atomic mass is 10.2. The van der Waals surface area contributed by atoms with Crippen LogP contribution in [0.5, 0.6) is 0 Å². The van der Waals surface area contributed by atoms with Crippen molar-refractivity contribution in [3.63, 3.8) is 0 Å². The fourth-order valence-corrected chi connectivity index (χ4v) is 3.59. The minimum absolute atomic E-state index is 0.229. The molecule has 1 aromatic rings. The van der Waals surface area contributed by atoms with Crippen molar-refractivity contribution in [2.45, 2.75) is 25.3 Å². The number of nitrogens with zero attached hydrogens (tertiary/aromatic N) is 4. The molecule has 21 heavy (non-hydrogen) atoms. The van der Waals surface area contributed by atoms with E-state index in [9.17, 15) is 8.42 Å². The number of sulfonamides is 1. The number of hydrogen-bond donors (Lipinski definition) is 0. The molecule has 122 valence electrons. The predicted octanol–water partition coefficient (Wildman–Crippen LogP) is 1.33. The van der Waals surface area contributed by atoms with Crippen LogP contribution in [0.4, 0.5) is 0 Å². The summed E-state index contributed by atoms with van der Waals surface area (Å²) >= 11 is 5.65. The number of likely N-dealkylation sites (N-methyl/N-ethyl adjacent to an activating group) is 1. The zero-order valence-corrected chi connectivity index (χ0v) is 14.7. The molecule has 1 heterocycles. The van der Waals surface area contributed by atoms with E-state index in [1.54, 1.807) is 10.9 Å². The zero-order valence-electron chi connectivity index (χ0n) is 13.2. The molecule has 1 aromatic heterocycles. The first-order chi connectivity index (χ1) is 9.77. The molecule has 0 spiro atoms. The van der Waals surface area contributed by atoms with Gasteiger partial charge in [-0.25, -0.2) is 8.42 Å². The quantitative estimate of drug-likeness (QED) is 0.638. The third-order valence-corrected chi connectivity index (χ3v) is 4.91. The number of alkyl halides is 1. The Kier molecular flexibility index (Phi) is 7.12. The van der Waals surface area contributed by atoms with Gasteiger partial charge in [-0.2, -0.15) is 9.40 Å². The summed E-state index contributed by atoms with van der Waals surface area (Å²) in [7, 11) is 0.349. The van der Waals surface area contributed by atoms with E-state index in [2.05, 4.69) is 5.10 Å². The van der Waals surface area contributed by atoms with E-state index in [0.717, 1.165) is 0 Å². The number of halogens is 1. The predicted molar refractivity (Wildman–Crippen MR) is 85.1 cm³/mol. The van der Waals surface area contributed by atoms with Crippen LogP contribution >= 0.6 is 11.6 Å². The van der Waals surface area contributed by atoms with Crippen molar-refractivity contribution in [2.75, 3.05) is 39.6 Å². The molecular formula is C13H25ClN4O2S. The van der Waals surface area contributed by atoms with Crippen LogP contribution in [-0.2, 0) is 16.6 Å². The molecule has 1 rings (SSSR count). The highest BCUT2D eigenvalue weighted by atomic mass is 35.5. The van der Waals surface area contributed by atoms with E-state index >= 15 is 0 Å². The Hall–Kier alpha value is -0.630. The van der Waals surface area contributed by atoms with Crippen LogP contribution in [0.15, 0.2) is 17.3 Å². The maximum Gasteiger partial charge on any atom is 0.246 e. The summed E-state index contributed by atoms with van der Waals surface area (Å²) in [5.74, 6) is 0.664. The standard InChI is InChI=1S/C13H25ClN4O2S/c1-12(2)10-18(8-7-16(3)4)21(19,20)13-9-15-17(11-13)6-5-14/h9,11-12H,5-8,10H2,1-4H3. The second kappa shape index (κ2) is 8.12. The lowest BCUT2D eigenvalue weighted by Gasteiger charge is -2.24. The van der Waals surface area contributed by atoms with E-state index in [-0.39, 0.29) is 10.8 Å². The maximum absolute atomic E-state index is 12.7. The minimum atomic E-state index is -3.51. The van der Waals surface area contributed by atoms with Crippen molar-refractivity contribution in [3.8, 4) is 0 Å². The van der Waals surface area contributed by atoms with Gasteiger partial charge in [0.15, 0.2) is 0 Å². The minimum Gasteiger partial charge on any atom is -0.308 e. The van der Waals surface area contributed by atoms with Crippen molar-refractivity contribution >= 4 is 21.6 Å². The lowest BCUT2D eigenvalue weighted by Crippen LogP contribution is -2.38. The summed E-state index contributed by atoms with van der Waals surface area (Å²) < 4.78 is 28.5. The summed E-state index contributed by atoms with van der Waals surface area (Å²) in [6.45, 7) is 6.16. The average molecular weight is 337 g/mol.